The van der Waals surface area contributed by atoms with E-state index < -0.39 is 0 Å². The second kappa shape index (κ2) is 4.16. The lowest BCUT2D eigenvalue weighted by molar-refractivity contribution is 0.794. The van der Waals surface area contributed by atoms with Crippen molar-refractivity contribution in [1.82, 2.24) is 5.32 Å². The van der Waals surface area contributed by atoms with Gasteiger partial charge in [0.1, 0.15) is 0 Å². The summed E-state index contributed by atoms with van der Waals surface area (Å²) in [6.45, 7) is 7.19. The zero-order chi connectivity index (χ0) is 5.70. The SMILES string of the molecule is C=C(Cl)CNCC. The average Bonchev–Trinajstić information content (AvgIpc) is 1.61. The van der Waals surface area contributed by atoms with E-state index in [1.165, 1.54) is 0 Å². The van der Waals surface area contributed by atoms with Crippen molar-refractivity contribution in [1.29, 1.82) is 0 Å². The van der Waals surface area contributed by atoms with E-state index in [1.807, 2.05) is 6.92 Å². The maximum atomic E-state index is 5.40. The zero-order valence-corrected chi connectivity index (χ0v) is 5.26. The van der Waals surface area contributed by atoms with Gasteiger partial charge in [-0.15, -0.1) is 0 Å². The number of rotatable bonds is 3. The van der Waals surface area contributed by atoms with Crippen molar-refractivity contribution in [3.63, 3.8) is 0 Å². The van der Waals surface area contributed by atoms with Crippen LogP contribution in [0.4, 0.5) is 0 Å². The summed E-state index contributed by atoms with van der Waals surface area (Å²) in [6, 6.07) is 0. The lowest BCUT2D eigenvalue weighted by atomic mass is 10.6. The van der Waals surface area contributed by atoms with Gasteiger partial charge in [0.15, 0.2) is 0 Å². The van der Waals surface area contributed by atoms with Gasteiger partial charge < -0.3 is 5.32 Å². The van der Waals surface area contributed by atoms with Crippen LogP contribution in [-0.4, -0.2) is 13.1 Å². The highest BCUT2D eigenvalue weighted by Crippen LogP contribution is 1.90. The Morgan fingerprint density at radius 1 is 1.86 bits per heavy atom. The Balaban J connectivity index is 2.82. The molecule has 0 radical (unpaired) electrons. The van der Waals surface area contributed by atoms with Gasteiger partial charge in [0.05, 0.1) is 0 Å². The molecule has 0 fully saturated rings. The van der Waals surface area contributed by atoms with E-state index in [9.17, 15) is 0 Å². The Morgan fingerprint density at radius 3 is 2.57 bits per heavy atom. The molecule has 7 heavy (non-hydrogen) atoms. The van der Waals surface area contributed by atoms with Crippen molar-refractivity contribution in [2.24, 2.45) is 0 Å². The summed E-state index contributed by atoms with van der Waals surface area (Å²) in [6.07, 6.45) is 0. The maximum Gasteiger partial charge on any atom is 0.0307 e. The monoisotopic (exact) mass is 119 g/mol. The van der Waals surface area contributed by atoms with Crippen LogP contribution in [0.15, 0.2) is 11.6 Å². The molecule has 1 N–H and O–H groups in total. The van der Waals surface area contributed by atoms with Crippen molar-refractivity contribution in [3.8, 4) is 0 Å². The van der Waals surface area contributed by atoms with Gasteiger partial charge in [-0.3, -0.25) is 0 Å². The van der Waals surface area contributed by atoms with Gasteiger partial charge >= 0.3 is 0 Å². The predicted molar refractivity (Wildman–Crippen MR) is 33.5 cm³/mol. The van der Waals surface area contributed by atoms with Crippen molar-refractivity contribution in [3.05, 3.63) is 11.6 Å². The van der Waals surface area contributed by atoms with E-state index in [4.69, 9.17) is 11.6 Å². The smallest absolute Gasteiger partial charge is 0.0307 e. The molecular formula is C5H10ClN. The topological polar surface area (TPSA) is 12.0 Å². The Hall–Kier alpha value is -0.0100. The molecule has 1 nitrogen and oxygen atoms in total. The van der Waals surface area contributed by atoms with E-state index in [2.05, 4.69) is 11.9 Å². The molecule has 42 valence electrons. The number of hydrogen-bond donors (Lipinski definition) is 1. The third kappa shape index (κ3) is 5.99. The molecule has 0 heterocycles. The first-order valence-electron chi connectivity index (χ1n) is 2.31. The normalized spacial score (nSPS) is 8.86. The molecule has 0 aromatic heterocycles. The van der Waals surface area contributed by atoms with Crippen LogP contribution in [0.25, 0.3) is 0 Å². The van der Waals surface area contributed by atoms with Crippen molar-refractivity contribution in [2.75, 3.05) is 13.1 Å². The van der Waals surface area contributed by atoms with E-state index in [-0.39, 0.29) is 0 Å². The fraction of sp³-hybridized carbons (Fsp3) is 0.600. The number of halogens is 1. The summed E-state index contributed by atoms with van der Waals surface area (Å²) in [7, 11) is 0. The standard InChI is InChI=1S/C5H10ClN/c1-3-7-4-5(2)6/h7H,2-4H2,1H3. The Morgan fingerprint density at radius 2 is 2.43 bits per heavy atom. The summed E-state index contributed by atoms with van der Waals surface area (Å²) in [5.41, 5.74) is 0. The summed E-state index contributed by atoms with van der Waals surface area (Å²) in [5, 5.41) is 3.68. The van der Waals surface area contributed by atoms with E-state index in [0.717, 1.165) is 13.1 Å². The third-order valence-electron chi connectivity index (χ3n) is 0.567. The Labute approximate surface area is 49.4 Å². The number of hydrogen-bond acceptors (Lipinski definition) is 1. The largest absolute Gasteiger partial charge is 0.312 e. The average molecular weight is 120 g/mol. The van der Waals surface area contributed by atoms with Crippen LogP contribution < -0.4 is 5.32 Å². The molecule has 0 aliphatic rings. The Bertz CT molecular complexity index is 61.1. The summed E-state index contributed by atoms with van der Waals surface area (Å²) >= 11 is 5.40. The minimum absolute atomic E-state index is 0.668. The van der Waals surface area contributed by atoms with Gasteiger partial charge in [-0.2, -0.15) is 0 Å². The van der Waals surface area contributed by atoms with E-state index >= 15 is 0 Å². The third-order valence-corrected chi connectivity index (χ3v) is 0.700. The zero-order valence-electron chi connectivity index (χ0n) is 4.50. The summed E-state index contributed by atoms with van der Waals surface area (Å²) in [5.74, 6) is 0. The fourth-order valence-corrected chi connectivity index (χ4v) is 0.355. The molecule has 0 unspecified atom stereocenters. The van der Waals surface area contributed by atoms with Gasteiger partial charge in [-0.05, 0) is 6.54 Å². The molecule has 0 aromatic carbocycles. The molecule has 0 bridgehead atoms. The first-order chi connectivity index (χ1) is 3.27. The molecule has 0 aliphatic heterocycles. The lowest BCUT2D eigenvalue weighted by Crippen LogP contribution is -2.13. The van der Waals surface area contributed by atoms with Crippen molar-refractivity contribution >= 4 is 11.6 Å². The van der Waals surface area contributed by atoms with Gasteiger partial charge in [-0.1, -0.05) is 25.1 Å². The predicted octanol–water partition coefficient (Wildman–Crippen LogP) is 1.35. The van der Waals surface area contributed by atoms with Gasteiger partial charge in [-0.25, -0.2) is 0 Å². The van der Waals surface area contributed by atoms with Crippen LogP contribution in [0.2, 0.25) is 0 Å². The van der Waals surface area contributed by atoms with Crippen LogP contribution in [0, 0.1) is 0 Å². The van der Waals surface area contributed by atoms with Crippen LogP contribution in [-0.2, 0) is 0 Å². The lowest BCUT2D eigenvalue weighted by Gasteiger charge is -1.94. The van der Waals surface area contributed by atoms with Crippen LogP contribution in [0.1, 0.15) is 6.92 Å². The minimum Gasteiger partial charge on any atom is -0.312 e. The highest BCUT2D eigenvalue weighted by atomic mass is 35.5. The first-order valence-corrected chi connectivity index (χ1v) is 2.69. The molecule has 0 spiro atoms. The molecule has 0 saturated heterocycles. The van der Waals surface area contributed by atoms with Crippen molar-refractivity contribution < 1.29 is 0 Å². The maximum absolute atomic E-state index is 5.40. The molecule has 0 amide bonds. The molecule has 0 saturated carbocycles. The van der Waals surface area contributed by atoms with E-state index in [1.54, 1.807) is 0 Å². The highest BCUT2D eigenvalue weighted by molar-refractivity contribution is 6.29. The summed E-state index contributed by atoms with van der Waals surface area (Å²) in [4.78, 5) is 0. The second-order valence-corrected chi connectivity index (χ2v) is 1.83. The first kappa shape index (κ1) is 6.99. The Kier molecular flexibility index (Phi) is 4.15. The number of likely N-dealkylation sites (N-methyl/N-ethyl adjacent to an activating group) is 1. The van der Waals surface area contributed by atoms with Crippen LogP contribution in [0.3, 0.4) is 0 Å². The minimum atomic E-state index is 0.668. The molecule has 0 aliphatic carbocycles. The quantitative estimate of drug-likeness (QED) is 0.592. The second-order valence-electron chi connectivity index (χ2n) is 1.30. The van der Waals surface area contributed by atoms with Gasteiger partial charge in [0, 0.05) is 11.6 Å². The van der Waals surface area contributed by atoms with Crippen LogP contribution >= 0.6 is 11.6 Å². The fourth-order valence-electron chi connectivity index (χ4n) is 0.261. The molecule has 0 rings (SSSR count). The molecule has 0 aromatic rings. The molecule has 2 heteroatoms. The van der Waals surface area contributed by atoms with Gasteiger partial charge in [0.25, 0.3) is 0 Å². The van der Waals surface area contributed by atoms with E-state index in [0.29, 0.717) is 5.03 Å². The highest BCUT2D eigenvalue weighted by Gasteiger charge is 1.81. The number of nitrogens with one attached hydrogen (secondary N) is 1. The molecular weight excluding hydrogens is 110 g/mol. The summed E-state index contributed by atoms with van der Waals surface area (Å²) < 4.78 is 0. The molecule has 0 atom stereocenters. The van der Waals surface area contributed by atoms with Crippen LogP contribution in [0.5, 0.6) is 0 Å². The van der Waals surface area contributed by atoms with Gasteiger partial charge in [0.2, 0.25) is 0 Å². The van der Waals surface area contributed by atoms with Crippen molar-refractivity contribution in [2.45, 2.75) is 6.92 Å².